The highest BCUT2D eigenvalue weighted by atomic mass is 32.2. The first-order chi connectivity index (χ1) is 5.27. The van der Waals surface area contributed by atoms with Crippen LogP contribution in [0.1, 0.15) is 26.2 Å². The lowest BCUT2D eigenvalue weighted by atomic mass is 10.1. The minimum absolute atomic E-state index is 0.316. The lowest BCUT2D eigenvalue weighted by Gasteiger charge is -2.22. The average molecular weight is 169 g/mol. The maximum Gasteiger partial charge on any atom is 0.0617 e. The smallest absolute Gasteiger partial charge is 0.0617 e. The number of unbranched alkanes of at least 4 members (excludes halogenated alkanes) is 1. The van der Waals surface area contributed by atoms with Crippen molar-refractivity contribution in [3.63, 3.8) is 0 Å². The molecule has 0 radical (unpaired) electrons. The lowest BCUT2D eigenvalue weighted by molar-refractivity contribution is 0.493. The monoisotopic (exact) mass is 169 g/mol. The Morgan fingerprint density at radius 3 is 3.09 bits per heavy atom. The molecule has 1 aliphatic rings. The van der Waals surface area contributed by atoms with E-state index in [2.05, 4.69) is 18.2 Å². The van der Waals surface area contributed by atoms with Gasteiger partial charge < -0.3 is 5.32 Å². The molecule has 1 nitrogen and oxygen atoms in total. The van der Waals surface area contributed by atoms with E-state index in [-0.39, 0.29) is 0 Å². The summed E-state index contributed by atoms with van der Waals surface area (Å²) in [6, 6.07) is 0. The summed E-state index contributed by atoms with van der Waals surface area (Å²) < 4.78 is 0. The normalized spacial score (nSPS) is 30.2. The molecule has 0 amide bonds. The lowest BCUT2D eigenvalue weighted by Crippen LogP contribution is -2.33. The molecule has 0 aromatic heterocycles. The van der Waals surface area contributed by atoms with Crippen LogP contribution in [0.5, 0.6) is 0 Å². The van der Waals surface area contributed by atoms with Gasteiger partial charge in [0.05, 0.1) is 4.87 Å². The van der Waals surface area contributed by atoms with E-state index in [1.54, 1.807) is 0 Å². The molecule has 1 fully saturated rings. The Bertz CT molecular complexity index is 153. The highest BCUT2D eigenvalue weighted by Gasteiger charge is 2.27. The van der Waals surface area contributed by atoms with Gasteiger partial charge >= 0.3 is 0 Å². The van der Waals surface area contributed by atoms with Crippen molar-refractivity contribution in [1.82, 2.24) is 5.32 Å². The molecule has 1 saturated heterocycles. The quantitative estimate of drug-likeness (QED) is 0.511. The van der Waals surface area contributed by atoms with Gasteiger partial charge in [-0.2, -0.15) is 0 Å². The molecule has 2 heteroatoms. The van der Waals surface area contributed by atoms with Gasteiger partial charge in [-0.3, -0.25) is 0 Å². The predicted molar refractivity (Wildman–Crippen MR) is 51.5 cm³/mol. The molecular weight excluding hydrogens is 154 g/mol. The topological polar surface area (TPSA) is 12.0 Å². The van der Waals surface area contributed by atoms with Crippen LogP contribution in [-0.2, 0) is 0 Å². The number of thioether (sulfide) groups is 1. The van der Waals surface area contributed by atoms with Gasteiger partial charge in [0.2, 0.25) is 0 Å². The molecule has 0 bridgehead atoms. The third kappa shape index (κ3) is 2.76. The Kier molecular flexibility index (Phi) is 3.29. The van der Waals surface area contributed by atoms with Crippen molar-refractivity contribution in [1.29, 1.82) is 0 Å². The number of hydrogen-bond acceptors (Lipinski definition) is 2. The molecule has 1 atom stereocenters. The summed E-state index contributed by atoms with van der Waals surface area (Å²) in [7, 11) is 0. The SMILES string of the molecule is C#CCCCC1(C)NCCS1. The summed E-state index contributed by atoms with van der Waals surface area (Å²) in [5.74, 6) is 3.91. The molecule has 0 saturated carbocycles. The Balaban J connectivity index is 2.19. The van der Waals surface area contributed by atoms with Crippen molar-refractivity contribution in [3.05, 3.63) is 0 Å². The highest BCUT2D eigenvalue weighted by molar-refractivity contribution is 8.00. The summed E-state index contributed by atoms with van der Waals surface area (Å²) in [6.45, 7) is 3.42. The second kappa shape index (κ2) is 4.04. The number of hydrogen-bond donors (Lipinski definition) is 1. The van der Waals surface area contributed by atoms with E-state index in [1.165, 1.54) is 12.2 Å². The molecule has 0 spiro atoms. The van der Waals surface area contributed by atoms with Crippen molar-refractivity contribution in [3.8, 4) is 12.3 Å². The zero-order chi connectivity index (χ0) is 8.16. The molecule has 1 unspecified atom stereocenters. The summed E-state index contributed by atoms with van der Waals surface area (Å²) in [6.07, 6.45) is 8.44. The van der Waals surface area contributed by atoms with Crippen LogP contribution in [0.25, 0.3) is 0 Å². The van der Waals surface area contributed by atoms with Crippen LogP contribution in [0.4, 0.5) is 0 Å². The zero-order valence-corrected chi connectivity index (χ0v) is 7.84. The van der Waals surface area contributed by atoms with Gasteiger partial charge in [-0.1, -0.05) is 0 Å². The molecule has 1 aliphatic heterocycles. The maximum atomic E-state index is 5.18. The summed E-state index contributed by atoms with van der Waals surface area (Å²) in [4.78, 5) is 0.316. The van der Waals surface area contributed by atoms with Gasteiger partial charge in [0.15, 0.2) is 0 Å². The van der Waals surface area contributed by atoms with E-state index in [1.807, 2.05) is 11.8 Å². The van der Waals surface area contributed by atoms with Crippen LogP contribution < -0.4 is 5.32 Å². The fraction of sp³-hybridized carbons (Fsp3) is 0.778. The largest absolute Gasteiger partial charge is 0.302 e. The van der Waals surface area contributed by atoms with Gasteiger partial charge in [0, 0.05) is 18.7 Å². The van der Waals surface area contributed by atoms with Gasteiger partial charge in [0.25, 0.3) is 0 Å². The molecule has 1 rings (SSSR count). The van der Waals surface area contributed by atoms with Gasteiger partial charge in [-0.25, -0.2) is 0 Å². The Hall–Kier alpha value is -0.130. The first-order valence-corrected chi connectivity index (χ1v) is 5.08. The van der Waals surface area contributed by atoms with Gasteiger partial charge in [0.1, 0.15) is 0 Å². The molecule has 62 valence electrons. The van der Waals surface area contributed by atoms with E-state index in [4.69, 9.17) is 6.42 Å². The number of rotatable bonds is 3. The Morgan fingerprint density at radius 1 is 1.73 bits per heavy atom. The van der Waals surface area contributed by atoms with Crippen LogP contribution in [0.15, 0.2) is 0 Å². The molecule has 11 heavy (non-hydrogen) atoms. The van der Waals surface area contributed by atoms with Crippen molar-refractivity contribution >= 4 is 11.8 Å². The maximum absolute atomic E-state index is 5.18. The van der Waals surface area contributed by atoms with Crippen LogP contribution in [0, 0.1) is 12.3 Å². The second-order valence-corrected chi connectivity index (χ2v) is 4.66. The molecule has 0 aliphatic carbocycles. The van der Waals surface area contributed by atoms with Gasteiger partial charge in [-0.15, -0.1) is 24.1 Å². The van der Waals surface area contributed by atoms with E-state index < -0.39 is 0 Å². The molecule has 1 N–H and O–H groups in total. The minimum Gasteiger partial charge on any atom is -0.302 e. The van der Waals surface area contributed by atoms with E-state index >= 15 is 0 Å². The zero-order valence-electron chi connectivity index (χ0n) is 7.02. The number of terminal acetylenes is 1. The fourth-order valence-electron chi connectivity index (χ4n) is 1.33. The number of nitrogens with one attached hydrogen (secondary N) is 1. The van der Waals surface area contributed by atoms with E-state index in [0.717, 1.165) is 19.4 Å². The first-order valence-electron chi connectivity index (χ1n) is 4.09. The highest BCUT2D eigenvalue weighted by Crippen LogP contribution is 2.31. The minimum atomic E-state index is 0.316. The average Bonchev–Trinajstić information content (AvgIpc) is 2.38. The third-order valence-corrected chi connectivity index (χ3v) is 3.39. The van der Waals surface area contributed by atoms with Crippen LogP contribution in [-0.4, -0.2) is 17.2 Å². The third-order valence-electron chi connectivity index (χ3n) is 2.00. The molecule has 0 aromatic carbocycles. The van der Waals surface area contributed by atoms with Crippen LogP contribution in [0.3, 0.4) is 0 Å². The van der Waals surface area contributed by atoms with E-state index in [9.17, 15) is 0 Å². The summed E-state index contributed by atoms with van der Waals surface area (Å²) in [5, 5.41) is 3.49. The molecular formula is C9H15NS. The van der Waals surface area contributed by atoms with Crippen molar-refractivity contribution in [2.24, 2.45) is 0 Å². The standard InChI is InChI=1S/C9H15NS/c1-3-4-5-6-9(2)10-7-8-11-9/h1,10H,4-8H2,2H3. The van der Waals surface area contributed by atoms with Crippen molar-refractivity contribution in [2.75, 3.05) is 12.3 Å². The summed E-state index contributed by atoms with van der Waals surface area (Å²) in [5.41, 5.74) is 0. The summed E-state index contributed by atoms with van der Waals surface area (Å²) >= 11 is 2.02. The van der Waals surface area contributed by atoms with Crippen LogP contribution >= 0.6 is 11.8 Å². The fourth-order valence-corrected chi connectivity index (χ4v) is 2.48. The van der Waals surface area contributed by atoms with E-state index in [0.29, 0.717) is 4.87 Å². The van der Waals surface area contributed by atoms with Crippen molar-refractivity contribution in [2.45, 2.75) is 31.1 Å². The van der Waals surface area contributed by atoms with Crippen molar-refractivity contribution < 1.29 is 0 Å². The molecule has 0 aromatic rings. The second-order valence-electron chi connectivity index (χ2n) is 3.06. The van der Waals surface area contributed by atoms with Gasteiger partial charge in [-0.05, 0) is 19.8 Å². The van der Waals surface area contributed by atoms with Crippen LogP contribution in [0.2, 0.25) is 0 Å². The molecule has 1 heterocycles. The Labute approximate surface area is 73.3 Å². The Morgan fingerprint density at radius 2 is 2.55 bits per heavy atom. The first kappa shape index (κ1) is 8.96. The predicted octanol–water partition coefficient (Wildman–Crippen LogP) is 1.84.